The molecule has 0 unspecified atom stereocenters. The second-order valence-electron chi connectivity index (χ2n) is 6.01. The summed E-state index contributed by atoms with van der Waals surface area (Å²) >= 11 is 1.43. The SMILES string of the molecule is C[C@H](C(=O)Nc1nccs1)N(C)C[C@@H]1CCCN1c1cccnn1. The number of likely N-dealkylation sites (N-methyl/N-ethyl adjacent to an activating group) is 1. The fraction of sp³-hybridized carbons (Fsp3) is 0.500. The van der Waals surface area contributed by atoms with Crippen molar-refractivity contribution in [3.05, 3.63) is 29.9 Å². The molecule has 1 N–H and O–H groups in total. The summed E-state index contributed by atoms with van der Waals surface area (Å²) in [5, 5.41) is 13.5. The molecule has 1 amide bonds. The monoisotopic (exact) mass is 346 g/mol. The van der Waals surface area contributed by atoms with Crippen LogP contribution in [0.3, 0.4) is 0 Å². The third kappa shape index (κ3) is 3.88. The van der Waals surface area contributed by atoms with Crippen molar-refractivity contribution in [1.82, 2.24) is 20.1 Å². The first kappa shape index (κ1) is 16.8. The molecule has 0 radical (unpaired) electrons. The molecule has 3 heterocycles. The molecule has 3 rings (SSSR count). The molecule has 0 bridgehead atoms. The highest BCUT2D eigenvalue weighted by molar-refractivity contribution is 7.13. The molecule has 0 aliphatic carbocycles. The summed E-state index contributed by atoms with van der Waals surface area (Å²) < 4.78 is 0. The predicted octanol–water partition coefficient (Wildman–Crippen LogP) is 1.86. The Balaban J connectivity index is 1.59. The second-order valence-corrected chi connectivity index (χ2v) is 6.91. The van der Waals surface area contributed by atoms with E-state index < -0.39 is 0 Å². The molecule has 0 aromatic carbocycles. The maximum absolute atomic E-state index is 12.4. The van der Waals surface area contributed by atoms with Gasteiger partial charge in [0.25, 0.3) is 0 Å². The molecule has 2 aromatic rings. The van der Waals surface area contributed by atoms with Gasteiger partial charge in [0.15, 0.2) is 10.9 Å². The summed E-state index contributed by atoms with van der Waals surface area (Å²) in [5.41, 5.74) is 0. The number of anilines is 2. The quantitative estimate of drug-likeness (QED) is 0.861. The summed E-state index contributed by atoms with van der Waals surface area (Å²) in [5.74, 6) is 0.879. The lowest BCUT2D eigenvalue weighted by Gasteiger charge is -2.31. The summed E-state index contributed by atoms with van der Waals surface area (Å²) in [6.45, 7) is 3.71. The molecular formula is C16H22N6OS. The van der Waals surface area contributed by atoms with Gasteiger partial charge >= 0.3 is 0 Å². The van der Waals surface area contributed by atoms with Crippen LogP contribution in [0.15, 0.2) is 29.9 Å². The molecule has 128 valence electrons. The number of hydrogen-bond donors (Lipinski definition) is 1. The van der Waals surface area contributed by atoms with Crippen LogP contribution in [0.1, 0.15) is 19.8 Å². The average Bonchev–Trinajstić information content (AvgIpc) is 3.26. The number of amides is 1. The largest absolute Gasteiger partial charge is 0.351 e. The highest BCUT2D eigenvalue weighted by atomic mass is 32.1. The maximum Gasteiger partial charge on any atom is 0.243 e. The fourth-order valence-electron chi connectivity index (χ4n) is 2.96. The van der Waals surface area contributed by atoms with Crippen molar-refractivity contribution in [3.63, 3.8) is 0 Å². The summed E-state index contributed by atoms with van der Waals surface area (Å²) in [6.07, 6.45) is 5.61. The molecule has 1 saturated heterocycles. The highest BCUT2D eigenvalue weighted by Crippen LogP contribution is 2.24. The number of aromatic nitrogens is 3. The molecular weight excluding hydrogens is 324 g/mol. The van der Waals surface area contributed by atoms with Gasteiger partial charge in [-0.2, -0.15) is 5.10 Å². The van der Waals surface area contributed by atoms with E-state index in [4.69, 9.17) is 0 Å². The van der Waals surface area contributed by atoms with Crippen molar-refractivity contribution < 1.29 is 4.79 Å². The van der Waals surface area contributed by atoms with Gasteiger partial charge in [0.05, 0.1) is 6.04 Å². The standard InChI is InChI=1S/C16H22N6OS/c1-12(15(23)19-16-17-8-10-24-16)21(2)11-13-5-4-9-22(13)14-6-3-7-18-20-14/h3,6-8,10,12-13H,4-5,9,11H2,1-2H3,(H,17,19,23)/t12-,13+/m1/s1. The minimum absolute atomic E-state index is 0.0310. The smallest absolute Gasteiger partial charge is 0.243 e. The Labute approximate surface area is 145 Å². The Morgan fingerprint density at radius 1 is 1.54 bits per heavy atom. The van der Waals surface area contributed by atoms with Crippen LogP contribution >= 0.6 is 11.3 Å². The molecule has 1 aliphatic rings. The Morgan fingerprint density at radius 3 is 3.12 bits per heavy atom. The number of rotatable bonds is 6. The second kappa shape index (κ2) is 7.67. The van der Waals surface area contributed by atoms with Crippen LogP contribution in [-0.4, -0.2) is 58.2 Å². The van der Waals surface area contributed by atoms with Crippen LogP contribution in [0.2, 0.25) is 0 Å². The Morgan fingerprint density at radius 2 is 2.42 bits per heavy atom. The number of nitrogens with zero attached hydrogens (tertiary/aromatic N) is 5. The predicted molar refractivity (Wildman–Crippen MR) is 95.2 cm³/mol. The van der Waals surface area contributed by atoms with E-state index in [1.165, 1.54) is 11.3 Å². The first-order chi connectivity index (χ1) is 11.6. The van der Waals surface area contributed by atoms with Crippen LogP contribution in [0.25, 0.3) is 0 Å². The van der Waals surface area contributed by atoms with Gasteiger partial charge in [-0.25, -0.2) is 4.98 Å². The van der Waals surface area contributed by atoms with Gasteiger partial charge in [-0.05, 0) is 38.9 Å². The molecule has 1 aliphatic heterocycles. The van der Waals surface area contributed by atoms with Gasteiger partial charge in [0.1, 0.15) is 0 Å². The summed E-state index contributed by atoms with van der Waals surface area (Å²) in [7, 11) is 1.99. The topological polar surface area (TPSA) is 74.2 Å². The lowest BCUT2D eigenvalue weighted by molar-refractivity contribution is -0.120. The van der Waals surface area contributed by atoms with Crippen molar-refractivity contribution in [1.29, 1.82) is 0 Å². The molecule has 2 atom stereocenters. The number of nitrogens with one attached hydrogen (secondary N) is 1. The van der Waals surface area contributed by atoms with E-state index in [0.29, 0.717) is 11.2 Å². The molecule has 1 fully saturated rings. The zero-order valence-electron chi connectivity index (χ0n) is 13.9. The van der Waals surface area contributed by atoms with Crippen LogP contribution in [0.5, 0.6) is 0 Å². The van der Waals surface area contributed by atoms with Gasteiger partial charge in [0, 0.05) is 36.9 Å². The molecule has 24 heavy (non-hydrogen) atoms. The molecule has 0 spiro atoms. The molecule has 0 saturated carbocycles. The van der Waals surface area contributed by atoms with E-state index >= 15 is 0 Å². The fourth-order valence-corrected chi connectivity index (χ4v) is 3.49. The third-order valence-corrected chi connectivity index (χ3v) is 5.12. The molecule has 7 nitrogen and oxygen atoms in total. The number of carbonyl (C=O) groups excluding carboxylic acids is 1. The summed E-state index contributed by atoms with van der Waals surface area (Å²) in [4.78, 5) is 20.8. The van der Waals surface area contributed by atoms with Crippen LogP contribution in [0, 0.1) is 0 Å². The number of hydrogen-bond acceptors (Lipinski definition) is 7. The van der Waals surface area contributed by atoms with Crippen molar-refractivity contribution >= 4 is 28.2 Å². The summed E-state index contributed by atoms with van der Waals surface area (Å²) in [6, 6.07) is 4.02. The van der Waals surface area contributed by atoms with Gasteiger partial charge in [-0.1, -0.05) is 0 Å². The van der Waals surface area contributed by atoms with E-state index in [9.17, 15) is 4.79 Å². The lowest BCUT2D eigenvalue weighted by Crippen LogP contribution is -2.46. The third-order valence-electron chi connectivity index (χ3n) is 4.43. The minimum atomic E-state index is -0.224. The van der Waals surface area contributed by atoms with Gasteiger partial charge < -0.3 is 10.2 Å². The number of carbonyl (C=O) groups is 1. The lowest BCUT2D eigenvalue weighted by atomic mass is 10.1. The Hall–Kier alpha value is -2.06. The Bertz CT molecular complexity index is 650. The Kier molecular flexibility index (Phi) is 5.37. The van der Waals surface area contributed by atoms with Crippen molar-refractivity contribution in [2.24, 2.45) is 0 Å². The normalized spacial score (nSPS) is 18.8. The van der Waals surface area contributed by atoms with E-state index in [0.717, 1.165) is 31.7 Å². The maximum atomic E-state index is 12.4. The average molecular weight is 346 g/mol. The zero-order chi connectivity index (χ0) is 16.9. The first-order valence-corrected chi connectivity index (χ1v) is 8.98. The molecule has 8 heteroatoms. The van der Waals surface area contributed by atoms with E-state index in [1.807, 2.05) is 31.5 Å². The first-order valence-electron chi connectivity index (χ1n) is 8.10. The van der Waals surface area contributed by atoms with E-state index in [-0.39, 0.29) is 11.9 Å². The zero-order valence-corrected chi connectivity index (χ0v) is 14.7. The minimum Gasteiger partial charge on any atom is -0.351 e. The molecule has 2 aromatic heterocycles. The van der Waals surface area contributed by atoms with E-state index in [2.05, 4.69) is 30.3 Å². The van der Waals surface area contributed by atoms with Crippen molar-refractivity contribution in [2.75, 3.05) is 30.4 Å². The van der Waals surface area contributed by atoms with Crippen LogP contribution in [-0.2, 0) is 4.79 Å². The van der Waals surface area contributed by atoms with Crippen LogP contribution < -0.4 is 10.2 Å². The van der Waals surface area contributed by atoms with Gasteiger partial charge in [0.2, 0.25) is 5.91 Å². The number of thiazole rings is 1. The van der Waals surface area contributed by atoms with Crippen molar-refractivity contribution in [2.45, 2.75) is 31.8 Å². The highest BCUT2D eigenvalue weighted by Gasteiger charge is 2.29. The van der Waals surface area contributed by atoms with Gasteiger partial charge in [-0.15, -0.1) is 16.4 Å². The van der Waals surface area contributed by atoms with Crippen LogP contribution in [0.4, 0.5) is 10.9 Å². The van der Waals surface area contributed by atoms with Crippen molar-refractivity contribution in [3.8, 4) is 0 Å². The van der Waals surface area contributed by atoms with Gasteiger partial charge in [-0.3, -0.25) is 9.69 Å². The van der Waals surface area contributed by atoms with E-state index in [1.54, 1.807) is 12.4 Å².